The molecule has 0 bridgehead atoms. The van der Waals surface area contributed by atoms with Crippen LogP contribution in [0.25, 0.3) is 0 Å². The van der Waals surface area contributed by atoms with Crippen molar-refractivity contribution in [3.05, 3.63) is 60.2 Å². The van der Waals surface area contributed by atoms with Crippen molar-refractivity contribution in [2.24, 2.45) is 0 Å². The summed E-state index contributed by atoms with van der Waals surface area (Å²) in [5.41, 5.74) is 1.93. The number of ether oxygens (including phenoxy) is 1. The molecule has 2 rings (SSSR count). The first kappa shape index (κ1) is 14.1. The van der Waals surface area contributed by atoms with Gasteiger partial charge in [0.2, 0.25) is 5.91 Å². The van der Waals surface area contributed by atoms with Crippen LogP contribution in [0.3, 0.4) is 0 Å². The van der Waals surface area contributed by atoms with Crippen LogP contribution in [0.5, 0.6) is 5.75 Å². The van der Waals surface area contributed by atoms with Gasteiger partial charge in [0.05, 0.1) is 7.11 Å². The van der Waals surface area contributed by atoms with E-state index in [4.69, 9.17) is 4.74 Å². The quantitative estimate of drug-likeness (QED) is 0.896. The third-order valence-electron chi connectivity index (χ3n) is 3.21. The van der Waals surface area contributed by atoms with E-state index in [0.29, 0.717) is 6.42 Å². The Morgan fingerprint density at radius 1 is 1.15 bits per heavy atom. The summed E-state index contributed by atoms with van der Waals surface area (Å²) in [7, 11) is 1.61. The summed E-state index contributed by atoms with van der Waals surface area (Å²) in [5, 5.41) is 2.90. The number of anilines is 1. The van der Waals surface area contributed by atoms with Crippen LogP contribution >= 0.6 is 0 Å². The van der Waals surface area contributed by atoms with Crippen LogP contribution in [0.1, 0.15) is 24.8 Å². The highest BCUT2D eigenvalue weighted by Crippen LogP contribution is 2.21. The van der Waals surface area contributed by atoms with Crippen LogP contribution in [-0.4, -0.2) is 13.0 Å². The summed E-state index contributed by atoms with van der Waals surface area (Å²) in [6.45, 7) is 2.06. The van der Waals surface area contributed by atoms with Gasteiger partial charge in [0.1, 0.15) is 5.75 Å². The molecule has 0 saturated heterocycles. The van der Waals surface area contributed by atoms with Crippen molar-refractivity contribution in [3.63, 3.8) is 0 Å². The molecule has 20 heavy (non-hydrogen) atoms. The highest BCUT2D eigenvalue weighted by Gasteiger charge is 2.11. The van der Waals surface area contributed by atoms with Gasteiger partial charge in [-0.3, -0.25) is 4.79 Å². The average Bonchev–Trinajstić information content (AvgIpc) is 2.48. The van der Waals surface area contributed by atoms with Crippen molar-refractivity contribution >= 4 is 11.6 Å². The van der Waals surface area contributed by atoms with Crippen molar-refractivity contribution in [2.75, 3.05) is 12.4 Å². The van der Waals surface area contributed by atoms with Gasteiger partial charge in [-0.05, 0) is 23.6 Å². The summed E-state index contributed by atoms with van der Waals surface area (Å²) < 4.78 is 5.14. The number of hydrogen-bond donors (Lipinski definition) is 1. The van der Waals surface area contributed by atoms with E-state index >= 15 is 0 Å². The monoisotopic (exact) mass is 269 g/mol. The lowest BCUT2D eigenvalue weighted by Crippen LogP contribution is -2.14. The lowest BCUT2D eigenvalue weighted by Gasteiger charge is -2.12. The zero-order valence-corrected chi connectivity index (χ0v) is 11.8. The van der Waals surface area contributed by atoms with E-state index in [-0.39, 0.29) is 11.8 Å². The fourth-order valence-corrected chi connectivity index (χ4v) is 2.09. The fourth-order valence-electron chi connectivity index (χ4n) is 2.09. The van der Waals surface area contributed by atoms with E-state index < -0.39 is 0 Å². The number of benzene rings is 2. The van der Waals surface area contributed by atoms with E-state index in [2.05, 4.69) is 12.2 Å². The Balaban J connectivity index is 1.95. The molecule has 3 nitrogen and oxygen atoms in total. The second-order valence-corrected chi connectivity index (χ2v) is 4.80. The Kier molecular flexibility index (Phi) is 4.77. The molecule has 3 heteroatoms. The van der Waals surface area contributed by atoms with Gasteiger partial charge < -0.3 is 10.1 Å². The lowest BCUT2D eigenvalue weighted by atomic mass is 9.97. The first-order chi connectivity index (χ1) is 9.69. The molecule has 0 aliphatic carbocycles. The normalized spacial score (nSPS) is 11.7. The van der Waals surface area contributed by atoms with Crippen molar-refractivity contribution in [1.29, 1.82) is 0 Å². The summed E-state index contributed by atoms with van der Waals surface area (Å²) in [6.07, 6.45) is 0.460. The summed E-state index contributed by atoms with van der Waals surface area (Å²) in [5.74, 6) is 0.940. The van der Waals surface area contributed by atoms with Gasteiger partial charge in [0, 0.05) is 18.2 Å². The van der Waals surface area contributed by atoms with E-state index in [0.717, 1.165) is 11.4 Å². The molecule has 0 fully saturated rings. The van der Waals surface area contributed by atoms with Crippen LogP contribution in [0, 0.1) is 0 Å². The second-order valence-electron chi connectivity index (χ2n) is 4.80. The largest absolute Gasteiger partial charge is 0.497 e. The standard InChI is InChI=1S/C17H19NO2/c1-13(14-7-4-3-5-8-14)11-17(19)18-15-9-6-10-16(12-15)20-2/h3-10,12-13H,11H2,1-2H3,(H,18,19)/t13-/m0/s1. The Hall–Kier alpha value is -2.29. The third-order valence-corrected chi connectivity index (χ3v) is 3.21. The maximum absolute atomic E-state index is 12.0. The maximum Gasteiger partial charge on any atom is 0.224 e. The average molecular weight is 269 g/mol. The van der Waals surface area contributed by atoms with Crippen molar-refractivity contribution in [2.45, 2.75) is 19.3 Å². The SMILES string of the molecule is COc1cccc(NC(=O)C[C@H](C)c2ccccc2)c1. The predicted molar refractivity (Wildman–Crippen MR) is 81.1 cm³/mol. The van der Waals surface area contributed by atoms with Gasteiger partial charge in [0.25, 0.3) is 0 Å². The molecule has 1 atom stereocenters. The van der Waals surface area contributed by atoms with Crippen LogP contribution < -0.4 is 10.1 Å². The lowest BCUT2D eigenvalue weighted by molar-refractivity contribution is -0.116. The molecule has 2 aromatic rings. The second kappa shape index (κ2) is 6.75. The molecule has 0 saturated carbocycles. The third kappa shape index (κ3) is 3.85. The minimum Gasteiger partial charge on any atom is -0.497 e. The van der Waals surface area contributed by atoms with Gasteiger partial charge in [-0.2, -0.15) is 0 Å². The summed E-state index contributed by atoms with van der Waals surface area (Å²) in [6, 6.07) is 17.4. The maximum atomic E-state index is 12.0. The number of hydrogen-bond acceptors (Lipinski definition) is 2. The molecule has 0 heterocycles. The van der Waals surface area contributed by atoms with Crippen LogP contribution in [0.15, 0.2) is 54.6 Å². The number of methoxy groups -OCH3 is 1. The summed E-state index contributed by atoms with van der Waals surface area (Å²) in [4.78, 5) is 12.0. The van der Waals surface area contributed by atoms with Crippen molar-refractivity contribution < 1.29 is 9.53 Å². The van der Waals surface area contributed by atoms with E-state index in [1.807, 2.05) is 54.6 Å². The number of rotatable bonds is 5. The van der Waals surface area contributed by atoms with E-state index in [1.54, 1.807) is 7.11 Å². The van der Waals surface area contributed by atoms with E-state index in [1.165, 1.54) is 5.56 Å². The predicted octanol–water partition coefficient (Wildman–Crippen LogP) is 3.83. The molecule has 0 radical (unpaired) electrons. The Bertz CT molecular complexity index is 566. The first-order valence-corrected chi connectivity index (χ1v) is 6.68. The fraction of sp³-hybridized carbons (Fsp3) is 0.235. The molecule has 0 unspecified atom stereocenters. The summed E-state index contributed by atoms with van der Waals surface area (Å²) >= 11 is 0. The topological polar surface area (TPSA) is 38.3 Å². The smallest absolute Gasteiger partial charge is 0.224 e. The van der Waals surface area contributed by atoms with Gasteiger partial charge in [-0.1, -0.05) is 43.3 Å². The van der Waals surface area contributed by atoms with Crippen LogP contribution in [0.4, 0.5) is 5.69 Å². The first-order valence-electron chi connectivity index (χ1n) is 6.68. The van der Waals surface area contributed by atoms with Gasteiger partial charge >= 0.3 is 0 Å². The minimum atomic E-state index is 0.00889. The zero-order valence-electron chi connectivity index (χ0n) is 11.8. The van der Waals surface area contributed by atoms with Gasteiger partial charge in [0.15, 0.2) is 0 Å². The molecule has 2 aromatic carbocycles. The van der Waals surface area contributed by atoms with E-state index in [9.17, 15) is 4.79 Å². The highest BCUT2D eigenvalue weighted by molar-refractivity contribution is 5.91. The molecule has 1 amide bonds. The Morgan fingerprint density at radius 3 is 2.60 bits per heavy atom. The van der Waals surface area contributed by atoms with Crippen LogP contribution in [-0.2, 0) is 4.79 Å². The number of nitrogens with one attached hydrogen (secondary N) is 1. The zero-order chi connectivity index (χ0) is 14.4. The Labute approximate surface area is 119 Å². The van der Waals surface area contributed by atoms with Crippen molar-refractivity contribution in [1.82, 2.24) is 0 Å². The molecule has 104 valence electrons. The molecule has 0 spiro atoms. The molecule has 0 aliphatic rings. The molecule has 0 aromatic heterocycles. The molecular formula is C17H19NO2. The van der Waals surface area contributed by atoms with Crippen LogP contribution in [0.2, 0.25) is 0 Å². The molecular weight excluding hydrogens is 250 g/mol. The number of carbonyl (C=O) groups is 1. The highest BCUT2D eigenvalue weighted by atomic mass is 16.5. The van der Waals surface area contributed by atoms with Crippen molar-refractivity contribution in [3.8, 4) is 5.75 Å². The van der Waals surface area contributed by atoms with Gasteiger partial charge in [-0.25, -0.2) is 0 Å². The number of amides is 1. The molecule has 1 N–H and O–H groups in total. The minimum absolute atomic E-state index is 0.00889. The Morgan fingerprint density at radius 2 is 1.90 bits per heavy atom. The van der Waals surface area contributed by atoms with Gasteiger partial charge in [-0.15, -0.1) is 0 Å². The number of carbonyl (C=O) groups excluding carboxylic acids is 1. The molecule has 0 aliphatic heterocycles.